The topological polar surface area (TPSA) is 40.6 Å². The molecule has 2 heterocycles. The first kappa shape index (κ1) is 15.6. The maximum Gasteiger partial charge on any atom is 0.282 e. The molecular weight excluding hydrogens is 319 g/mol. The molecule has 2 aliphatic heterocycles. The largest absolute Gasteiger partial charge is 0.366 e. The van der Waals surface area contributed by atoms with Gasteiger partial charge in [-0.3, -0.25) is 9.59 Å². The Morgan fingerprint density at radius 1 is 0.800 bits per heavy atom. The predicted molar refractivity (Wildman–Crippen MR) is 93.1 cm³/mol. The van der Waals surface area contributed by atoms with Crippen LogP contribution in [-0.2, 0) is 9.59 Å². The minimum Gasteiger partial charge on any atom is -0.366 e. The molecular formula is C20H17FN2O2. The minimum atomic E-state index is -0.584. The molecule has 1 saturated heterocycles. The summed E-state index contributed by atoms with van der Waals surface area (Å²) in [7, 11) is 0. The Hall–Kier alpha value is -2.95. The van der Waals surface area contributed by atoms with E-state index in [2.05, 4.69) is 0 Å². The third-order valence-corrected chi connectivity index (χ3v) is 4.64. The van der Waals surface area contributed by atoms with Crippen LogP contribution in [-0.4, -0.2) is 29.8 Å². The normalized spacial score (nSPS) is 17.8. The monoisotopic (exact) mass is 336 g/mol. The molecule has 0 spiro atoms. The molecule has 0 radical (unpaired) electrons. The molecule has 2 amide bonds. The number of anilines is 1. The van der Waals surface area contributed by atoms with Gasteiger partial charge in [0.25, 0.3) is 11.8 Å². The summed E-state index contributed by atoms with van der Waals surface area (Å²) in [5, 5.41) is 0. The molecule has 4 nitrogen and oxygen atoms in total. The van der Waals surface area contributed by atoms with E-state index in [1.54, 1.807) is 18.2 Å². The maximum atomic E-state index is 14.2. The van der Waals surface area contributed by atoms with Crippen LogP contribution in [0.25, 0.3) is 5.57 Å². The van der Waals surface area contributed by atoms with Crippen LogP contribution in [0.3, 0.4) is 0 Å². The average molecular weight is 336 g/mol. The lowest BCUT2D eigenvalue weighted by Gasteiger charge is -2.20. The molecule has 4 rings (SSSR count). The fraction of sp³-hybridized carbons (Fsp3) is 0.200. The van der Waals surface area contributed by atoms with Crippen LogP contribution >= 0.6 is 0 Å². The molecule has 0 aliphatic carbocycles. The Bertz CT molecular complexity index is 870. The van der Waals surface area contributed by atoms with Crippen LogP contribution in [0.1, 0.15) is 18.4 Å². The van der Waals surface area contributed by atoms with Crippen LogP contribution in [0.2, 0.25) is 0 Å². The van der Waals surface area contributed by atoms with Gasteiger partial charge in [0.05, 0.1) is 11.3 Å². The highest BCUT2D eigenvalue weighted by molar-refractivity contribution is 6.45. The maximum absolute atomic E-state index is 14.2. The Morgan fingerprint density at radius 3 is 2.12 bits per heavy atom. The van der Waals surface area contributed by atoms with Gasteiger partial charge in [0, 0.05) is 13.1 Å². The number of carbonyl (C=O) groups excluding carboxylic acids is 2. The third-order valence-electron chi connectivity index (χ3n) is 4.64. The average Bonchev–Trinajstić information content (AvgIpc) is 3.23. The Balaban J connectivity index is 1.86. The van der Waals surface area contributed by atoms with E-state index >= 15 is 0 Å². The summed E-state index contributed by atoms with van der Waals surface area (Å²) in [6, 6.07) is 15.0. The highest BCUT2D eigenvalue weighted by atomic mass is 19.1. The van der Waals surface area contributed by atoms with E-state index in [-0.39, 0.29) is 5.69 Å². The zero-order valence-electron chi connectivity index (χ0n) is 13.6. The van der Waals surface area contributed by atoms with Crippen molar-refractivity contribution in [3.8, 4) is 0 Å². The molecule has 0 unspecified atom stereocenters. The summed E-state index contributed by atoms with van der Waals surface area (Å²) in [4.78, 5) is 29.1. The Kier molecular flexibility index (Phi) is 3.84. The van der Waals surface area contributed by atoms with Gasteiger partial charge in [0.2, 0.25) is 0 Å². The fourth-order valence-electron chi connectivity index (χ4n) is 3.47. The van der Waals surface area contributed by atoms with Crippen LogP contribution in [0.15, 0.2) is 60.3 Å². The number of para-hydroxylation sites is 1. The van der Waals surface area contributed by atoms with Crippen LogP contribution < -0.4 is 4.90 Å². The smallest absolute Gasteiger partial charge is 0.282 e. The van der Waals surface area contributed by atoms with Crippen LogP contribution in [0, 0.1) is 5.82 Å². The molecule has 25 heavy (non-hydrogen) atoms. The summed E-state index contributed by atoms with van der Waals surface area (Å²) in [6.07, 6.45) is 1.96. The molecule has 2 aromatic rings. The summed E-state index contributed by atoms with van der Waals surface area (Å²) < 4.78 is 14.2. The summed E-state index contributed by atoms with van der Waals surface area (Å²) in [6.45, 7) is 1.46. The van der Waals surface area contributed by atoms with Crippen molar-refractivity contribution in [2.24, 2.45) is 0 Å². The van der Waals surface area contributed by atoms with E-state index in [1.807, 2.05) is 23.1 Å². The molecule has 2 aliphatic rings. The Labute approximate surface area is 145 Å². The summed E-state index contributed by atoms with van der Waals surface area (Å²) in [5.41, 5.74) is 1.43. The van der Waals surface area contributed by atoms with E-state index < -0.39 is 17.6 Å². The van der Waals surface area contributed by atoms with Gasteiger partial charge < -0.3 is 4.90 Å². The van der Waals surface area contributed by atoms with E-state index in [4.69, 9.17) is 0 Å². The molecule has 126 valence electrons. The van der Waals surface area contributed by atoms with Crippen molar-refractivity contribution in [1.82, 2.24) is 4.90 Å². The van der Waals surface area contributed by atoms with Gasteiger partial charge in [-0.2, -0.15) is 0 Å². The van der Waals surface area contributed by atoms with Gasteiger partial charge in [-0.25, -0.2) is 9.29 Å². The first-order valence-electron chi connectivity index (χ1n) is 8.36. The SMILES string of the molecule is O=C1C(c2ccccc2)=C(N2CCCC2)C(=O)N1c1ccccc1F. The zero-order chi connectivity index (χ0) is 17.4. The number of benzene rings is 2. The van der Waals surface area contributed by atoms with Crippen molar-refractivity contribution in [2.45, 2.75) is 12.8 Å². The number of hydrogen-bond acceptors (Lipinski definition) is 3. The summed E-state index contributed by atoms with van der Waals surface area (Å²) in [5.74, 6) is -1.50. The fourth-order valence-corrected chi connectivity index (χ4v) is 3.47. The number of likely N-dealkylation sites (tertiary alicyclic amines) is 1. The second-order valence-electron chi connectivity index (χ2n) is 6.18. The van der Waals surface area contributed by atoms with Crippen molar-refractivity contribution in [2.75, 3.05) is 18.0 Å². The number of halogens is 1. The van der Waals surface area contributed by atoms with E-state index in [9.17, 15) is 14.0 Å². The Morgan fingerprint density at radius 2 is 1.44 bits per heavy atom. The molecule has 0 atom stereocenters. The van der Waals surface area contributed by atoms with E-state index in [0.29, 0.717) is 16.8 Å². The van der Waals surface area contributed by atoms with Crippen molar-refractivity contribution in [3.05, 3.63) is 71.7 Å². The van der Waals surface area contributed by atoms with Gasteiger partial charge in [-0.1, -0.05) is 42.5 Å². The highest BCUT2D eigenvalue weighted by Gasteiger charge is 2.43. The van der Waals surface area contributed by atoms with Gasteiger partial charge in [0.1, 0.15) is 11.5 Å². The molecule has 0 bridgehead atoms. The van der Waals surface area contributed by atoms with Gasteiger partial charge in [0.15, 0.2) is 0 Å². The molecule has 0 N–H and O–H groups in total. The second-order valence-corrected chi connectivity index (χ2v) is 6.18. The van der Waals surface area contributed by atoms with Crippen molar-refractivity contribution >= 4 is 23.1 Å². The highest BCUT2D eigenvalue weighted by Crippen LogP contribution is 2.36. The van der Waals surface area contributed by atoms with E-state index in [1.165, 1.54) is 18.2 Å². The van der Waals surface area contributed by atoms with Gasteiger partial charge >= 0.3 is 0 Å². The third kappa shape index (κ3) is 2.52. The second kappa shape index (κ2) is 6.16. The first-order chi connectivity index (χ1) is 12.2. The number of imide groups is 1. The van der Waals surface area contributed by atoms with Crippen LogP contribution in [0.5, 0.6) is 0 Å². The van der Waals surface area contributed by atoms with Crippen molar-refractivity contribution in [3.63, 3.8) is 0 Å². The molecule has 1 fully saturated rings. The number of hydrogen-bond donors (Lipinski definition) is 0. The zero-order valence-corrected chi connectivity index (χ0v) is 13.6. The quantitative estimate of drug-likeness (QED) is 0.808. The molecule has 0 saturated carbocycles. The van der Waals surface area contributed by atoms with Crippen molar-refractivity contribution in [1.29, 1.82) is 0 Å². The number of carbonyl (C=O) groups is 2. The molecule has 0 aromatic heterocycles. The van der Waals surface area contributed by atoms with Gasteiger partial charge in [-0.15, -0.1) is 0 Å². The number of rotatable bonds is 3. The van der Waals surface area contributed by atoms with Crippen molar-refractivity contribution < 1.29 is 14.0 Å². The van der Waals surface area contributed by atoms with Gasteiger partial charge in [-0.05, 0) is 30.5 Å². The molecule has 2 aromatic carbocycles. The van der Waals surface area contributed by atoms with Crippen LogP contribution in [0.4, 0.5) is 10.1 Å². The predicted octanol–water partition coefficient (Wildman–Crippen LogP) is 3.21. The molecule has 5 heteroatoms. The number of amides is 2. The lowest BCUT2D eigenvalue weighted by molar-refractivity contribution is -0.120. The lowest BCUT2D eigenvalue weighted by Crippen LogP contribution is -2.35. The minimum absolute atomic E-state index is 0.000119. The first-order valence-corrected chi connectivity index (χ1v) is 8.36. The number of nitrogens with zero attached hydrogens (tertiary/aromatic N) is 2. The van der Waals surface area contributed by atoms with E-state index in [0.717, 1.165) is 30.8 Å². The lowest BCUT2D eigenvalue weighted by atomic mass is 10.0. The summed E-state index contributed by atoms with van der Waals surface area (Å²) >= 11 is 0. The standard InChI is InChI=1S/C20H17FN2O2/c21-15-10-4-5-11-16(15)23-19(24)17(14-8-2-1-3-9-14)18(20(23)25)22-12-6-7-13-22/h1-5,8-11H,6-7,12-13H2.